The molecule has 0 aromatic heterocycles. The summed E-state index contributed by atoms with van der Waals surface area (Å²) in [6.07, 6.45) is 8.79. The van der Waals surface area contributed by atoms with Gasteiger partial charge in [-0.15, -0.1) is 0 Å². The minimum atomic E-state index is -4.40. The van der Waals surface area contributed by atoms with Crippen LogP contribution < -0.4 is 0 Å². The minimum Gasteiger partial charge on any atom is -0.304 e. The van der Waals surface area contributed by atoms with E-state index in [-0.39, 0.29) is 10.8 Å². The molecule has 4 aliphatic carbocycles. The maximum Gasteiger partial charge on any atom is 0.397 e. The highest BCUT2D eigenvalue weighted by molar-refractivity contribution is 7.80. The van der Waals surface area contributed by atoms with Crippen LogP contribution in [-0.2, 0) is 19.4 Å². The zero-order chi connectivity index (χ0) is 23.7. The van der Waals surface area contributed by atoms with Crippen molar-refractivity contribution in [3.8, 4) is 0 Å². The molecule has 7 heteroatoms. The van der Waals surface area contributed by atoms with Gasteiger partial charge in [-0.2, -0.15) is 8.42 Å². The molecule has 0 saturated heterocycles. The van der Waals surface area contributed by atoms with Crippen molar-refractivity contribution < 1.29 is 21.9 Å². The van der Waals surface area contributed by atoms with Gasteiger partial charge in [0.05, 0.1) is 6.10 Å². The fourth-order valence-corrected chi connectivity index (χ4v) is 7.83. The van der Waals surface area contributed by atoms with Crippen LogP contribution in [0.1, 0.15) is 86.0 Å². The molecule has 184 valence electrons. The molecular formula is C25H43NO5S. The van der Waals surface area contributed by atoms with Gasteiger partial charge in [-0.05, 0) is 87.7 Å². The van der Waals surface area contributed by atoms with Gasteiger partial charge >= 0.3 is 10.4 Å². The van der Waals surface area contributed by atoms with Crippen molar-refractivity contribution in [2.24, 2.45) is 28.6 Å². The van der Waals surface area contributed by atoms with Crippen molar-refractivity contribution in [1.29, 1.82) is 0 Å². The molecule has 3 saturated carbocycles. The largest absolute Gasteiger partial charge is 0.397 e. The molecule has 0 amide bonds. The maximum absolute atomic E-state index is 12.4. The van der Waals surface area contributed by atoms with E-state index < -0.39 is 16.5 Å². The van der Waals surface area contributed by atoms with Crippen LogP contribution in [0.5, 0.6) is 0 Å². The number of carbonyl (C=O) groups excluding carboxylic acids is 1. The molecule has 4 rings (SSSR count). The summed E-state index contributed by atoms with van der Waals surface area (Å²) in [4.78, 5) is 14.8. The Bertz CT molecular complexity index is 815. The Hall–Kier alpha value is -0.760. The van der Waals surface area contributed by atoms with Crippen LogP contribution in [0.3, 0.4) is 0 Å². The second-order valence-corrected chi connectivity index (χ2v) is 11.7. The van der Waals surface area contributed by atoms with Crippen LogP contribution in [0.15, 0.2) is 11.6 Å². The Labute approximate surface area is 195 Å². The summed E-state index contributed by atoms with van der Waals surface area (Å²) in [6, 6.07) is 0. The molecule has 0 aliphatic heterocycles. The van der Waals surface area contributed by atoms with Crippen LogP contribution in [-0.4, -0.2) is 49.4 Å². The van der Waals surface area contributed by atoms with E-state index in [1.807, 2.05) is 0 Å². The summed E-state index contributed by atoms with van der Waals surface area (Å²) in [5, 5.41) is 0. The fourth-order valence-electron chi connectivity index (χ4n) is 7.32. The second kappa shape index (κ2) is 9.85. The van der Waals surface area contributed by atoms with Crippen LogP contribution in [0, 0.1) is 28.6 Å². The van der Waals surface area contributed by atoms with Gasteiger partial charge in [0, 0.05) is 11.8 Å². The lowest BCUT2D eigenvalue weighted by Crippen LogP contribution is -2.50. The van der Waals surface area contributed by atoms with Gasteiger partial charge in [-0.1, -0.05) is 46.3 Å². The molecule has 32 heavy (non-hydrogen) atoms. The van der Waals surface area contributed by atoms with Crippen molar-refractivity contribution in [3.63, 3.8) is 0 Å². The Morgan fingerprint density at radius 1 is 1.03 bits per heavy atom. The van der Waals surface area contributed by atoms with Gasteiger partial charge in [0.25, 0.3) is 0 Å². The third kappa shape index (κ3) is 5.01. The van der Waals surface area contributed by atoms with E-state index in [0.29, 0.717) is 36.4 Å². The number of ketones is 1. The SMILES string of the molecule is CC12CCC3C(CC=C4CC(OS(=O)(=O)O)CCC43C)C1CCC2=O.CCN(CC)CC. The summed E-state index contributed by atoms with van der Waals surface area (Å²) in [5.41, 5.74) is 1.25. The van der Waals surface area contributed by atoms with Gasteiger partial charge < -0.3 is 4.90 Å². The summed E-state index contributed by atoms with van der Waals surface area (Å²) in [5.74, 6) is 2.10. The lowest BCUT2D eigenvalue weighted by Gasteiger charge is -2.56. The Morgan fingerprint density at radius 2 is 1.62 bits per heavy atom. The van der Waals surface area contributed by atoms with Gasteiger partial charge in [-0.25, -0.2) is 4.18 Å². The number of nitrogens with zero attached hydrogens (tertiary/aromatic N) is 1. The maximum atomic E-state index is 12.4. The molecule has 6 unspecified atom stereocenters. The fraction of sp³-hybridized carbons (Fsp3) is 0.880. The predicted octanol–water partition coefficient (Wildman–Crippen LogP) is 5.05. The van der Waals surface area contributed by atoms with E-state index >= 15 is 0 Å². The van der Waals surface area contributed by atoms with Crippen LogP contribution in [0.2, 0.25) is 0 Å². The highest BCUT2D eigenvalue weighted by Gasteiger charge is 2.58. The normalized spacial score (nSPS) is 38.8. The Morgan fingerprint density at radius 3 is 2.19 bits per heavy atom. The molecule has 6 atom stereocenters. The van der Waals surface area contributed by atoms with Gasteiger partial charge in [0.1, 0.15) is 5.78 Å². The first kappa shape index (κ1) is 25.9. The van der Waals surface area contributed by atoms with Crippen LogP contribution >= 0.6 is 0 Å². The van der Waals surface area contributed by atoms with E-state index in [2.05, 4.69) is 45.6 Å². The summed E-state index contributed by atoms with van der Waals surface area (Å²) >= 11 is 0. The summed E-state index contributed by atoms with van der Waals surface area (Å²) in [7, 11) is -4.40. The molecular weight excluding hydrogens is 426 g/mol. The molecule has 0 heterocycles. The van der Waals surface area contributed by atoms with E-state index in [1.165, 1.54) is 25.2 Å². The van der Waals surface area contributed by atoms with E-state index in [1.54, 1.807) is 0 Å². The zero-order valence-electron chi connectivity index (χ0n) is 20.6. The number of hydrogen-bond donors (Lipinski definition) is 1. The average molecular weight is 470 g/mol. The first-order valence-corrected chi connectivity index (χ1v) is 14.0. The minimum absolute atomic E-state index is 0.0783. The van der Waals surface area contributed by atoms with E-state index in [0.717, 1.165) is 38.5 Å². The topological polar surface area (TPSA) is 83.9 Å². The van der Waals surface area contributed by atoms with Crippen molar-refractivity contribution >= 4 is 16.2 Å². The number of carbonyl (C=O) groups is 1. The molecule has 0 aromatic carbocycles. The highest BCUT2D eigenvalue weighted by Crippen LogP contribution is 2.64. The highest BCUT2D eigenvalue weighted by atomic mass is 32.3. The van der Waals surface area contributed by atoms with Gasteiger partial charge in [0.2, 0.25) is 0 Å². The zero-order valence-corrected chi connectivity index (χ0v) is 21.4. The summed E-state index contributed by atoms with van der Waals surface area (Å²) < 4.78 is 35.9. The average Bonchev–Trinajstić information content (AvgIpc) is 3.04. The Balaban J connectivity index is 0.000000360. The molecule has 4 aliphatic rings. The molecule has 0 radical (unpaired) electrons. The van der Waals surface area contributed by atoms with Crippen molar-refractivity contribution in [2.75, 3.05) is 19.6 Å². The van der Waals surface area contributed by atoms with Crippen molar-refractivity contribution in [1.82, 2.24) is 4.90 Å². The second-order valence-electron chi connectivity index (χ2n) is 10.7. The van der Waals surface area contributed by atoms with E-state index in [4.69, 9.17) is 8.74 Å². The monoisotopic (exact) mass is 469 g/mol. The molecule has 1 N–H and O–H groups in total. The number of fused-ring (bicyclic) bond motifs is 5. The Kier molecular flexibility index (Phi) is 7.96. The molecule has 0 spiro atoms. The number of Topliss-reactive ketones (excluding diaryl/α,β-unsaturated/α-hetero) is 1. The summed E-state index contributed by atoms with van der Waals surface area (Å²) in [6.45, 7) is 14.6. The van der Waals surface area contributed by atoms with Gasteiger partial charge in [-0.3, -0.25) is 9.35 Å². The standard InChI is InChI=1S/C19H28O5S.C6H15N/c1-18-9-7-13(24-25(21,22)23)11-12(18)3-4-14-15-5-6-17(20)19(15,2)10-8-16(14)18;1-4-7(5-2)6-3/h3,13-16H,4-11H2,1-2H3,(H,21,22,23);4-6H2,1-3H3. The predicted molar refractivity (Wildman–Crippen MR) is 127 cm³/mol. The first-order chi connectivity index (χ1) is 15.0. The smallest absolute Gasteiger partial charge is 0.304 e. The van der Waals surface area contributed by atoms with Crippen LogP contribution in [0.25, 0.3) is 0 Å². The van der Waals surface area contributed by atoms with Crippen LogP contribution in [0.4, 0.5) is 0 Å². The molecule has 0 aromatic rings. The molecule has 6 nitrogen and oxygen atoms in total. The lowest BCUT2D eigenvalue weighted by molar-refractivity contribution is -0.131. The lowest BCUT2D eigenvalue weighted by atomic mass is 9.48. The van der Waals surface area contributed by atoms with Gasteiger partial charge in [0.15, 0.2) is 0 Å². The number of hydrogen-bond acceptors (Lipinski definition) is 5. The molecule has 0 bridgehead atoms. The van der Waals surface area contributed by atoms with Crippen molar-refractivity contribution in [2.45, 2.75) is 92.1 Å². The first-order valence-electron chi connectivity index (χ1n) is 12.6. The van der Waals surface area contributed by atoms with E-state index in [9.17, 15) is 13.2 Å². The number of allylic oxidation sites excluding steroid dienone is 1. The number of rotatable bonds is 5. The third-order valence-corrected chi connectivity index (χ3v) is 9.88. The third-order valence-electron chi connectivity index (χ3n) is 9.37. The quantitative estimate of drug-likeness (QED) is 0.448. The van der Waals surface area contributed by atoms with Crippen molar-refractivity contribution in [3.05, 3.63) is 11.6 Å². The molecule has 3 fully saturated rings.